The van der Waals surface area contributed by atoms with E-state index in [-0.39, 0.29) is 18.2 Å². The summed E-state index contributed by atoms with van der Waals surface area (Å²) in [5.74, 6) is 0. The van der Waals surface area contributed by atoms with Crippen LogP contribution >= 0.6 is 0 Å². The van der Waals surface area contributed by atoms with Crippen molar-refractivity contribution in [3.63, 3.8) is 0 Å². The van der Waals surface area contributed by atoms with Gasteiger partial charge in [-0.3, -0.25) is 0 Å². The Bertz CT molecular complexity index is 363. The maximum absolute atomic E-state index is 12.7. The molecule has 0 saturated heterocycles. The minimum atomic E-state index is -4.29. The van der Waals surface area contributed by atoms with E-state index >= 15 is 0 Å². The average Bonchev–Trinajstić information content (AvgIpc) is 2.33. The number of likely N-dealkylation sites (N-methyl/N-ethyl adjacent to an activating group) is 1. The Labute approximate surface area is 106 Å². The molecule has 0 heterocycles. The summed E-state index contributed by atoms with van der Waals surface area (Å²) >= 11 is 0. The van der Waals surface area contributed by atoms with Crippen LogP contribution in [0.25, 0.3) is 0 Å². The van der Waals surface area contributed by atoms with E-state index in [1.54, 1.807) is 6.07 Å². The van der Waals surface area contributed by atoms with Crippen LogP contribution in [-0.2, 0) is 12.7 Å². The van der Waals surface area contributed by atoms with E-state index in [1.165, 1.54) is 12.1 Å². The summed E-state index contributed by atoms with van der Waals surface area (Å²) in [4.78, 5) is 0. The van der Waals surface area contributed by atoms with E-state index in [4.69, 9.17) is 0 Å². The van der Waals surface area contributed by atoms with Crippen molar-refractivity contribution in [2.45, 2.75) is 32.6 Å². The second-order valence-electron chi connectivity index (χ2n) is 4.24. The smallest absolute Gasteiger partial charge is 0.315 e. The topological polar surface area (TPSA) is 24.1 Å². The Balaban J connectivity index is 2.62. The van der Waals surface area contributed by atoms with E-state index in [0.717, 1.165) is 19.2 Å². The Hall–Kier alpha value is -1.07. The first-order chi connectivity index (χ1) is 8.45. The van der Waals surface area contributed by atoms with Gasteiger partial charge in [0.2, 0.25) is 0 Å². The lowest BCUT2D eigenvalue weighted by atomic mass is 10.1. The Kier molecular flexibility index (Phi) is 5.62. The molecular formula is C13H19F3N2. The molecule has 5 heteroatoms. The fourth-order valence-electron chi connectivity index (χ4n) is 1.67. The summed E-state index contributed by atoms with van der Waals surface area (Å²) in [6.45, 7) is 5.75. The van der Waals surface area contributed by atoms with Crippen molar-refractivity contribution < 1.29 is 13.2 Å². The standard InChI is InChI=1S/C13H19F3N2/c1-3-17-8-10(2)18-9-11-6-4-5-7-12(11)13(14,15)16/h4-7,10,17-18H,3,8-9H2,1-2H3. The van der Waals surface area contributed by atoms with Gasteiger partial charge in [0.1, 0.15) is 0 Å². The van der Waals surface area contributed by atoms with Crippen molar-refractivity contribution in [2.24, 2.45) is 0 Å². The largest absolute Gasteiger partial charge is 0.416 e. The first kappa shape index (κ1) is 15.0. The highest BCUT2D eigenvalue weighted by molar-refractivity contribution is 5.29. The Morgan fingerprint density at radius 2 is 1.89 bits per heavy atom. The van der Waals surface area contributed by atoms with Gasteiger partial charge in [0.05, 0.1) is 5.56 Å². The van der Waals surface area contributed by atoms with Crippen LogP contribution in [0.5, 0.6) is 0 Å². The average molecular weight is 260 g/mol. The zero-order valence-corrected chi connectivity index (χ0v) is 10.6. The number of nitrogens with one attached hydrogen (secondary N) is 2. The molecule has 0 radical (unpaired) electrons. The molecule has 0 amide bonds. The van der Waals surface area contributed by atoms with Crippen LogP contribution in [0.15, 0.2) is 24.3 Å². The van der Waals surface area contributed by atoms with Crippen LogP contribution in [0.1, 0.15) is 25.0 Å². The van der Waals surface area contributed by atoms with Gasteiger partial charge in [0, 0.05) is 19.1 Å². The first-order valence-corrected chi connectivity index (χ1v) is 6.04. The minimum Gasteiger partial charge on any atom is -0.315 e. The van der Waals surface area contributed by atoms with Gasteiger partial charge in [-0.25, -0.2) is 0 Å². The molecule has 0 bridgehead atoms. The van der Waals surface area contributed by atoms with Crippen molar-refractivity contribution in [1.82, 2.24) is 10.6 Å². The first-order valence-electron chi connectivity index (χ1n) is 6.04. The normalized spacial score (nSPS) is 13.6. The van der Waals surface area contributed by atoms with E-state index in [2.05, 4.69) is 10.6 Å². The van der Waals surface area contributed by atoms with Crippen molar-refractivity contribution in [2.75, 3.05) is 13.1 Å². The fourth-order valence-corrected chi connectivity index (χ4v) is 1.67. The van der Waals surface area contributed by atoms with Crippen LogP contribution < -0.4 is 10.6 Å². The lowest BCUT2D eigenvalue weighted by Gasteiger charge is -2.17. The predicted octanol–water partition coefficient (Wildman–Crippen LogP) is 2.79. The molecule has 0 aromatic heterocycles. The van der Waals surface area contributed by atoms with Gasteiger partial charge < -0.3 is 10.6 Å². The molecule has 2 nitrogen and oxygen atoms in total. The molecule has 0 saturated carbocycles. The van der Waals surface area contributed by atoms with Crippen molar-refractivity contribution in [1.29, 1.82) is 0 Å². The zero-order chi connectivity index (χ0) is 13.6. The molecule has 2 N–H and O–H groups in total. The number of halogens is 3. The van der Waals surface area contributed by atoms with Gasteiger partial charge in [-0.2, -0.15) is 13.2 Å². The lowest BCUT2D eigenvalue weighted by molar-refractivity contribution is -0.138. The Morgan fingerprint density at radius 3 is 2.50 bits per heavy atom. The van der Waals surface area contributed by atoms with Crippen molar-refractivity contribution in [3.8, 4) is 0 Å². The number of hydrogen-bond acceptors (Lipinski definition) is 2. The van der Waals surface area contributed by atoms with Crippen molar-refractivity contribution in [3.05, 3.63) is 35.4 Å². The number of rotatable bonds is 6. The zero-order valence-electron chi connectivity index (χ0n) is 10.6. The highest BCUT2D eigenvalue weighted by atomic mass is 19.4. The summed E-state index contributed by atoms with van der Waals surface area (Å²) in [6.07, 6.45) is -4.29. The van der Waals surface area contributed by atoms with Crippen molar-refractivity contribution >= 4 is 0 Å². The molecule has 102 valence electrons. The fraction of sp³-hybridized carbons (Fsp3) is 0.538. The summed E-state index contributed by atoms with van der Waals surface area (Å²) in [7, 11) is 0. The molecule has 1 rings (SSSR count). The number of benzene rings is 1. The van der Waals surface area contributed by atoms with Crippen LogP contribution in [-0.4, -0.2) is 19.1 Å². The van der Waals surface area contributed by atoms with Gasteiger partial charge in [0.15, 0.2) is 0 Å². The predicted molar refractivity (Wildman–Crippen MR) is 66.3 cm³/mol. The van der Waals surface area contributed by atoms with Gasteiger partial charge >= 0.3 is 6.18 Å². The molecule has 0 aliphatic carbocycles. The second-order valence-corrected chi connectivity index (χ2v) is 4.24. The van der Waals surface area contributed by atoms with Gasteiger partial charge in [-0.1, -0.05) is 25.1 Å². The van der Waals surface area contributed by atoms with Crippen LogP contribution in [0, 0.1) is 0 Å². The molecule has 1 aromatic carbocycles. The maximum Gasteiger partial charge on any atom is 0.416 e. The quantitative estimate of drug-likeness (QED) is 0.822. The van der Waals surface area contributed by atoms with Gasteiger partial charge in [-0.05, 0) is 25.1 Å². The molecule has 0 aliphatic rings. The number of alkyl halides is 3. The van der Waals surface area contributed by atoms with Crippen LogP contribution in [0.3, 0.4) is 0 Å². The molecule has 0 spiro atoms. The molecule has 0 fully saturated rings. The molecule has 1 unspecified atom stereocenters. The maximum atomic E-state index is 12.7. The van der Waals surface area contributed by atoms with Crippen LogP contribution in [0.2, 0.25) is 0 Å². The number of hydrogen-bond donors (Lipinski definition) is 2. The molecule has 1 aromatic rings. The van der Waals surface area contributed by atoms with E-state index in [1.807, 2.05) is 13.8 Å². The summed E-state index contributed by atoms with van der Waals surface area (Å²) < 4.78 is 38.2. The second kappa shape index (κ2) is 6.75. The third-order valence-electron chi connectivity index (χ3n) is 2.66. The summed E-state index contributed by atoms with van der Waals surface area (Å²) in [5, 5.41) is 6.23. The molecule has 1 atom stereocenters. The summed E-state index contributed by atoms with van der Waals surface area (Å²) in [5.41, 5.74) is -0.276. The van der Waals surface area contributed by atoms with E-state index in [9.17, 15) is 13.2 Å². The highest BCUT2D eigenvalue weighted by Crippen LogP contribution is 2.31. The third kappa shape index (κ3) is 4.66. The minimum absolute atomic E-state index is 0.131. The monoisotopic (exact) mass is 260 g/mol. The molecule has 18 heavy (non-hydrogen) atoms. The van der Waals surface area contributed by atoms with E-state index in [0.29, 0.717) is 0 Å². The van der Waals surface area contributed by atoms with Gasteiger partial charge in [-0.15, -0.1) is 0 Å². The molecular weight excluding hydrogens is 241 g/mol. The summed E-state index contributed by atoms with van der Waals surface area (Å²) in [6, 6.07) is 5.79. The Morgan fingerprint density at radius 1 is 1.22 bits per heavy atom. The van der Waals surface area contributed by atoms with Crippen LogP contribution in [0.4, 0.5) is 13.2 Å². The molecule has 0 aliphatic heterocycles. The lowest BCUT2D eigenvalue weighted by Crippen LogP contribution is -2.36. The van der Waals surface area contributed by atoms with E-state index < -0.39 is 11.7 Å². The van der Waals surface area contributed by atoms with Gasteiger partial charge in [0.25, 0.3) is 0 Å². The highest BCUT2D eigenvalue weighted by Gasteiger charge is 2.32. The third-order valence-corrected chi connectivity index (χ3v) is 2.66. The SMILES string of the molecule is CCNCC(C)NCc1ccccc1C(F)(F)F.